The van der Waals surface area contributed by atoms with Gasteiger partial charge in [0.15, 0.2) is 0 Å². The van der Waals surface area contributed by atoms with E-state index in [0.717, 1.165) is 23.0 Å². The van der Waals surface area contributed by atoms with Crippen molar-refractivity contribution >= 4 is 73.2 Å². The highest BCUT2D eigenvalue weighted by atomic mass is 32.2. The summed E-state index contributed by atoms with van der Waals surface area (Å²) < 4.78 is 0. The van der Waals surface area contributed by atoms with Crippen LogP contribution in [0.2, 0.25) is 0 Å². The van der Waals surface area contributed by atoms with Crippen molar-refractivity contribution in [3.05, 3.63) is 0 Å². The van der Waals surface area contributed by atoms with Crippen molar-refractivity contribution in [2.45, 2.75) is 17.4 Å². The molecule has 0 amide bonds. The van der Waals surface area contributed by atoms with Crippen LogP contribution in [0.3, 0.4) is 0 Å². The fraction of sp³-hybridized carbons (Fsp3) is 1.00. The van der Waals surface area contributed by atoms with Crippen LogP contribution in [0, 0.1) is 0 Å². The molecule has 2 unspecified atom stereocenters. The zero-order valence-electron chi connectivity index (χ0n) is 9.67. The van der Waals surface area contributed by atoms with E-state index in [-0.39, 0.29) is 0 Å². The summed E-state index contributed by atoms with van der Waals surface area (Å²) in [6.07, 6.45) is 0. The summed E-state index contributed by atoms with van der Waals surface area (Å²) in [4.78, 5) is 0. The minimum absolute atomic E-state index is 0.674. The predicted octanol–water partition coefficient (Wildman–Crippen LogP) is 3.73. The van der Waals surface area contributed by atoms with Crippen LogP contribution < -0.4 is 0 Å². The Kier molecular flexibility index (Phi) is 15.3. The van der Waals surface area contributed by atoms with E-state index in [1.807, 2.05) is 35.3 Å². The summed E-state index contributed by atoms with van der Waals surface area (Å²) in [7, 11) is 0. The molecule has 0 aliphatic carbocycles. The predicted molar refractivity (Wildman–Crippen MR) is 97.1 cm³/mol. The molecule has 98 valence electrons. The zero-order valence-corrected chi connectivity index (χ0v) is 14.8. The molecule has 16 heavy (non-hydrogen) atoms. The van der Waals surface area contributed by atoms with Gasteiger partial charge >= 0.3 is 0 Å². The third kappa shape index (κ3) is 10.1. The quantitative estimate of drug-likeness (QED) is 0.493. The van der Waals surface area contributed by atoms with Gasteiger partial charge in [0.05, 0.1) is 0 Å². The first kappa shape index (κ1) is 18.1. The lowest BCUT2D eigenvalue weighted by Crippen LogP contribution is -2.14. The Morgan fingerprint density at radius 3 is 1.94 bits per heavy atom. The van der Waals surface area contributed by atoms with Crippen molar-refractivity contribution in [3.8, 4) is 0 Å². The van der Waals surface area contributed by atoms with E-state index in [1.165, 1.54) is 17.3 Å². The van der Waals surface area contributed by atoms with E-state index in [1.54, 1.807) is 0 Å². The van der Waals surface area contributed by atoms with Crippen molar-refractivity contribution in [2.24, 2.45) is 0 Å². The Hall–Kier alpha value is 2.10. The molecule has 0 radical (unpaired) electrons. The van der Waals surface area contributed by atoms with Crippen LogP contribution in [-0.4, -0.2) is 50.8 Å². The Balaban J connectivity index is 3.58. The summed E-state index contributed by atoms with van der Waals surface area (Å²) in [6.45, 7) is 2.21. The second kappa shape index (κ2) is 13.5. The number of hydrogen-bond donors (Lipinski definition) is 3. The lowest BCUT2D eigenvalue weighted by Gasteiger charge is -2.16. The minimum atomic E-state index is 0.674. The van der Waals surface area contributed by atoms with Gasteiger partial charge in [0, 0.05) is 39.3 Å². The molecule has 0 aliphatic heterocycles. The van der Waals surface area contributed by atoms with Gasteiger partial charge in [-0.2, -0.15) is 73.2 Å². The lowest BCUT2D eigenvalue weighted by atomic mass is 10.5. The van der Waals surface area contributed by atoms with Crippen molar-refractivity contribution in [3.63, 3.8) is 0 Å². The Morgan fingerprint density at radius 1 is 0.938 bits per heavy atom. The van der Waals surface area contributed by atoms with Gasteiger partial charge in [-0.25, -0.2) is 0 Å². The molecule has 2 atom stereocenters. The van der Waals surface area contributed by atoms with Crippen LogP contribution in [-0.2, 0) is 0 Å². The number of rotatable bonds is 11. The number of thioether (sulfide) groups is 3. The Bertz CT molecular complexity index is 143. The first-order valence-corrected chi connectivity index (χ1v) is 10.6. The van der Waals surface area contributed by atoms with Crippen LogP contribution in [0.5, 0.6) is 0 Å². The Morgan fingerprint density at radius 2 is 1.50 bits per heavy atom. The molecule has 0 rings (SSSR count). The summed E-state index contributed by atoms with van der Waals surface area (Å²) in [5.74, 6) is 7.66. The van der Waals surface area contributed by atoms with Gasteiger partial charge < -0.3 is 0 Å². The van der Waals surface area contributed by atoms with Gasteiger partial charge in [0.1, 0.15) is 0 Å². The Labute approximate surface area is 130 Å². The normalized spacial score (nSPS) is 15.0. The maximum atomic E-state index is 4.40. The molecule has 0 saturated carbocycles. The molecule has 0 aromatic heterocycles. The van der Waals surface area contributed by atoms with Crippen molar-refractivity contribution in [2.75, 3.05) is 40.3 Å². The second-order valence-corrected chi connectivity index (χ2v) is 8.43. The maximum absolute atomic E-state index is 4.40. The van der Waals surface area contributed by atoms with Crippen LogP contribution >= 0.6 is 73.2 Å². The molecule has 0 N–H and O–H groups in total. The van der Waals surface area contributed by atoms with E-state index in [9.17, 15) is 0 Å². The van der Waals surface area contributed by atoms with Gasteiger partial charge in [-0.15, -0.1) is 0 Å². The molecule has 0 bridgehead atoms. The van der Waals surface area contributed by atoms with Gasteiger partial charge in [0.25, 0.3) is 0 Å². The fourth-order valence-corrected chi connectivity index (χ4v) is 6.01. The van der Waals surface area contributed by atoms with E-state index >= 15 is 0 Å². The molecule has 0 saturated heterocycles. The highest BCUT2D eigenvalue weighted by Gasteiger charge is 2.10. The first-order chi connectivity index (χ1) is 7.78. The smallest absolute Gasteiger partial charge is 0.0226 e. The van der Waals surface area contributed by atoms with Gasteiger partial charge in [-0.05, 0) is 11.5 Å². The molecule has 0 aromatic carbocycles. The molecule has 0 aromatic rings. The van der Waals surface area contributed by atoms with Crippen molar-refractivity contribution < 1.29 is 0 Å². The van der Waals surface area contributed by atoms with Gasteiger partial charge in [-0.3, -0.25) is 0 Å². The topological polar surface area (TPSA) is 0 Å². The van der Waals surface area contributed by atoms with Crippen LogP contribution in [0.4, 0.5) is 0 Å². The first-order valence-electron chi connectivity index (χ1n) is 5.41. The van der Waals surface area contributed by atoms with E-state index in [4.69, 9.17) is 0 Å². The average Bonchev–Trinajstić information content (AvgIpc) is 2.32. The maximum Gasteiger partial charge on any atom is 0.0226 e. The van der Waals surface area contributed by atoms with Crippen molar-refractivity contribution in [1.29, 1.82) is 0 Å². The summed E-state index contributed by atoms with van der Waals surface area (Å²) in [6, 6.07) is 0. The second-order valence-electron chi connectivity index (χ2n) is 3.20. The largest absolute Gasteiger partial charge is 0.179 e. The molecule has 0 nitrogen and oxygen atoms in total. The molecular weight excluding hydrogens is 313 g/mol. The molecule has 0 heterocycles. The third-order valence-corrected chi connectivity index (χ3v) is 7.84. The molecule has 6 heteroatoms. The van der Waals surface area contributed by atoms with Crippen LogP contribution in [0.1, 0.15) is 6.92 Å². The fourth-order valence-electron chi connectivity index (χ4n) is 1.09. The monoisotopic (exact) mass is 334 g/mol. The highest BCUT2D eigenvalue weighted by molar-refractivity contribution is 8.05. The number of hydrogen-bond acceptors (Lipinski definition) is 6. The van der Waals surface area contributed by atoms with Gasteiger partial charge in [-0.1, -0.05) is 6.92 Å². The van der Waals surface area contributed by atoms with E-state index < -0.39 is 0 Å². The minimum Gasteiger partial charge on any atom is -0.179 e. The molecular formula is C10H22S6. The zero-order chi connectivity index (χ0) is 12.2. The van der Waals surface area contributed by atoms with Crippen LogP contribution in [0.25, 0.3) is 0 Å². The SMILES string of the molecule is CCSC(CS)CSCC(CS)SCCS. The lowest BCUT2D eigenvalue weighted by molar-refractivity contribution is 1.12. The average molecular weight is 335 g/mol. The summed E-state index contributed by atoms with van der Waals surface area (Å²) in [5.41, 5.74) is 0. The van der Waals surface area contributed by atoms with Gasteiger partial charge in [0.2, 0.25) is 0 Å². The summed E-state index contributed by atoms with van der Waals surface area (Å²) >= 11 is 19.1. The van der Waals surface area contributed by atoms with Crippen LogP contribution in [0.15, 0.2) is 0 Å². The summed E-state index contributed by atoms with van der Waals surface area (Å²) in [5, 5.41) is 1.38. The van der Waals surface area contributed by atoms with E-state index in [0.29, 0.717) is 10.5 Å². The molecule has 0 aliphatic rings. The third-order valence-electron chi connectivity index (χ3n) is 1.86. The standard InChI is InChI=1S/C10H22S6/c1-2-15-9(5-12)7-14-8-10(6-13)16-4-3-11/h9-13H,2-8H2,1H3. The van der Waals surface area contributed by atoms with E-state index in [2.05, 4.69) is 44.8 Å². The van der Waals surface area contributed by atoms with Crippen molar-refractivity contribution in [1.82, 2.24) is 0 Å². The highest BCUT2D eigenvalue weighted by Crippen LogP contribution is 2.22. The number of thiol groups is 3. The molecule has 0 fully saturated rings. The molecule has 0 spiro atoms.